The maximum Gasteiger partial charge on any atom is 0.325 e. The standard InChI is InChI=1S/C26H36N2O8S4/c1-25(2,3)35-23(29)21(27-39(31,32)19-13-9-7-10-14-19)17-37-38-18-22(24(30)36-26(4,5)6)28-40(33,34)20-15-11-8-12-16-20/h7-16,21-22,27-28H,17-18H2,1-6H3/t21-,22?/m0/s1. The van der Waals surface area contributed by atoms with Gasteiger partial charge >= 0.3 is 11.9 Å². The number of sulfonamides is 2. The predicted octanol–water partition coefficient (Wildman–Crippen LogP) is 3.75. The molecule has 40 heavy (non-hydrogen) atoms. The van der Waals surface area contributed by atoms with E-state index < -0.39 is 55.3 Å². The molecule has 0 aliphatic rings. The summed E-state index contributed by atoms with van der Waals surface area (Å²) < 4.78 is 67.2. The van der Waals surface area contributed by atoms with E-state index in [2.05, 4.69) is 9.44 Å². The van der Waals surface area contributed by atoms with Crippen LogP contribution in [-0.4, -0.2) is 63.6 Å². The van der Waals surface area contributed by atoms with Crippen LogP contribution >= 0.6 is 21.6 Å². The lowest BCUT2D eigenvalue weighted by Gasteiger charge is -2.25. The molecule has 0 saturated carbocycles. The average molecular weight is 633 g/mol. The Balaban J connectivity index is 2.16. The van der Waals surface area contributed by atoms with E-state index in [1.54, 1.807) is 77.9 Å². The second-order valence-corrected chi connectivity index (χ2v) is 16.6. The lowest BCUT2D eigenvalue weighted by atomic mass is 10.2. The second kappa shape index (κ2) is 14.2. The maximum atomic E-state index is 12.9. The van der Waals surface area contributed by atoms with Gasteiger partial charge in [-0.05, 0) is 65.8 Å². The normalized spacial score (nSPS) is 14.2. The Morgan fingerprint density at radius 1 is 0.650 bits per heavy atom. The molecule has 0 aromatic heterocycles. The van der Waals surface area contributed by atoms with Crippen LogP contribution < -0.4 is 9.44 Å². The van der Waals surface area contributed by atoms with Gasteiger partial charge < -0.3 is 9.47 Å². The fourth-order valence-electron chi connectivity index (χ4n) is 2.99. The first kappa shape index (κ1) is 34.1. The summed E-state index contributed by atoms with van der Waals surface area (Å²) in [6.45, 7) is 10.00. The smallest absolute Gasteiger partial charge is 0.325 e. The number of rotatable bonds is 13. The lowest BCUT2D eigenvalue weighted by Crippen LogP contribution is -2.46. The monoisotopic (exact) mass is 632 g/mol. The predicted molar refractivity (Wildman–Crippen MR) is 158 cm³/mol. The van der Waals surface area contributed by atoms with Gasteiger partial charge in [0, 0.05) is 11.5 Å². The Morgan fingerprint density at radius 2 is 0.950 bits per heavy atom. The van der Waals surface area contributed by atoms with Crippen LogP contribution in [0.2, 0.25) is 0 Å². The number of hydrogen-bond donors (Lipinski definition) is 2. The minimum atomic E-state index is -4.04. The van der Waals surface area contributed by atoms with E-state index in [9.17, 15) is 26.4 Å². The zero-order chi connectivity index (χ0) is 30.2. The van der Waals surface area contributed by atoms with E-state index in [1.807, 2.05) is 0 Å². The Hall–Kier alpha value is -2.10. The van der Waals surface area contributed by atoms with Crippen LogP contribution in [0.1, 0.15) is 41.5 Å². The summed E-state index contributed by atoms with van der Waals surface area (Å²) in [6.07, 6.45) is 0. The van der Waals surface area contributed by atoms with Gasteiger partial charge in [-0.15, -0.1) is 0 Å². The highest BCUT2D eigenvalue weighted by Gasteiger charge is 2.32. The maximum absolute atomic E-state index is 12.9. The van der Waals surface area contributed by atoms with Crippen molar-refractivity contribution in [2.24, 2.45) is 0 Å². The van der Waals surface area contributed by atoms with Crippen molar-refractivity contribution in [3.63, 3.8) is 0 Å². The highest BCUT2D eigenvalue weighted by atomic mass is 33.1. The fourth-order valence-corrected chi connectivity index (χ4v) is 7.91. The van der Waals surface area contributed by atoms with Gasteiger partial charge in [0.25, 0.3) is 0 Å². The van der Waals surface area contributed by atoms with Gasteiger partial charge in [0.2, 0.25) is 20.0 Å². The molecule has 0 heterocycles. The summed E-state index contributed by atoms with van der Waals surface area (Å²) in [5.41, 5.74) is -1.72. The third kappa shape index (κ3) is 11.8. The third-order valence-electron chi connectivity index (χ3n) is 4.64. The fraction of sp³-hybridized carbons (Fsp3) is 0.462. The largest absolute Gasteiger partial charge is 0.459 e. The van der Waals surface area contributed by atoms with Crippen LogP contribution in [0.25, 0.3) is 0 Å². The Morgan fingerprint density at radius 3 is 1.23 bits per heavy atom. The highest BCUT2D eigenvalue weighted by molar-refractivity contribution is 8.76. The van der Waals surface area contributed by atoms with Gasteiger partial charge in [-0.1, -0.05) is 58.0 Å². The van der Waals surface area contributed by atoms with Crippen molar-refractivity contribution in [3.05, 3.63) is 60.7 Å². The number of carbonyl (C=O) groups is 2. The average Bonchev–Trinajstić information content (AvgIpc) is 2.84. The van der Waals surface area contributed by atoms with E-state index >= 15 is 0 Å². The topological polar surface area (TPSA) is 145 Å². The van der Waals surface area contributed by atoms with Crippen molar-refractivity contribution in [2.45, 2.75) is 74.6 Å². The lowest BCUT2D eigenvalue weighted by molar-refractivity contribution is -0.157. The van der Waals surface area contributed by atoms with Crippen molar-refractivity contribution >= 4 is 53.6 Å². The molecule has 0 aliphatic carbocycles. The molecule has 0 aliphatic heterocycles. The van der Waals surface area contributed by atoms with Gasteiger partial charge in [-0.2, -0.15) is 9.44 Å². The first-order valence-corrected chi connectivity index (χ1v) is 17.7. The Bertz CT molecular complexity index is 1230. The molecule has 14 heteroatoms. The van der Waals surface area contributed by atoms with E-state index in [1.165, 1.54) is 24.3 Å². The molecule has 2 aromatic rings. The van der Waals surface area contributed by atoms with Gasteiger partial charge in [-0.3, -0.25) is 9.59 Å². The molecule has 2 N–H and O–H groups in total. The molecule has 0 radical (unpaired) electrons. The molecule has 222 valence electrons. The molecule has 2 aromatic carbocycles. The zero-order valence-corrected chi connectivity index (χ0v) is 26.5. The molecule has 2 atom stereocenters. The quantitative estimate of drug-likeness (QED) is 0.190. The number of hydrogen-bond acceptors (Lipinski definition) is 10. The molecule has 0 fully saturated rings. The van der Waals surface area contributed by atoms with E-state index in [-0.39, 0.29) is 21.3 Å². The Kier molecular flexibility index (Phi) is 12.1. The van der Waals surface area contributed by atoms with E-state index in [0.717, 1.165) is 21.6 Å². The van der Waals surface area contributed by atoms with E-state index in [0.29, 0.717) is 0 Å². The van der Waals surface area contributed by atoms with Crippen LogP contribution in [0.3, 0.4) is 0 Å². The minimum absolute atomic E-state index is 0.0125. The third-order valence-corrected chi connectivity index (χ3v) is 10.0. The van der Waals surface area contributed by atoms with Gasteiger partial charge in [0.15, 0.2) is 0 Å². The summed E-state index contributed by atoms with van der Waals surface area (Å²) in [6, 6.07) is 12.7. The summed E-state index contributed by atoms with van der Waals surface area (Å²) in [7, 11) is -5.92. The molecular weight excluding hydrogens is 597 g/mol. The summed E-state index contributed by atoms with van der Waals surface area (Å²) >= 11 is 0. The molecule has 0 saturated heterocycles. The molecule has 0 bridgehead atoms. The summed E-state index contributed by atoms with van der Waals surface area (Å²) in [5.74, 6) is -1.65. The highest BCUT2D eigenvalue weighted by Crippen LogP contribution is 2.26. The number of nitrogens with one attached hydrogen (secondary N) is 2. The van der Waals surface area contributed by atoms with Crippen LogP contribution in [-0.2, 0) is 39.1 Å². The second-order valence-electron chi connectivity index (χ2n) is 10.6. The SMILES string of the molecule is CC(C)(C)OC(=O)C(CSSC[C@H](NS(=O)(=O)c1ccccc1)C(=O)OC(C)(C)C)NS(=O)(=O)c1ccccc1. The summed E-state index contributed by atoms with van der Waals surface area (Å²) in [5, 5.41) is 0. The molecule has 0 amide bonds. The molecule has 10 nitrogen and oxygen atoms in total. The first-order valence-electron chi connectivity index (χ1n) is 12.2. The molecule has 1 unspecified atom stereocenters. The van der Waals surface area contributed by atoms with Crippen LogP contribution in [0.4, 0.5) is 0 Å². The molecule has 0 spiro atoms. The summed E-state index contributed by atoms with van der Waals surface area (Å²) in [4.78, 5) is 25.7. The number of esters is 2. The van der Waals surface area contributed by atoms with Crippen molar-refractivity contribution in [1.29, 1.82) is 0 Å². The van der Waals surface area contributed by atoms with Crippen molar-refractivity contribution in [2.75, 3.05) is 11.5 Å². The van der Waals surface area contributed by atoms with Crippen LogP contribution in [0.5, 0.6) is 0 Å². The van der Waals surface area contributed by atoms with Gasteiger partial charge in [0.05, 0.1) is 9.79 Å². The number of benzene rings is 2. The molecular formula is C26H36N2O8S4. The van der Waals surface area contributed by atoms with Crippen molar-refractivity contribution < 1.29 is 35.9 Å². The van der Waals surface area contributed by atoms with Crippen molar-refractivity contribution in [3.8, 4) is 0 Å². The minimum Gasteiger partial charge on any atom is -0.459 e. The van der Waals surface area contributed by atoms with E-state index in [4.69, 9.17) is 9.47 Å². The first-order chi connectivity index (χ1) is 18.4. The van der Waals surface area contributed by atoms with Crippen molar-refractivity contribution in [1.82, 2.24) is 9.44 Å². The molecule has 2 rings (SSSR count). The van der Waals surface area contributed by atoms with Gasteiger partial charge in [0.1, 0.15) is 23.3 Å². The Labute approximate surface area is 244 Å². The van der Waals surface area contributed by atoms with Crippen LogP contribution in [0.15, 0.2) is 70.5 Å². The zero-order valence-electron chi connectivity index (χ0n) is 23.2. The van der Waals surface area contributed by atoms with Gasteiger partial charge in [-0.25, -0.2) is 16.8 Å². The number of carbonyl (C=O) groups excluding carboxylic acids is 2. The number of ether oxygens (including phenoxy) is 2. The van der Waals surface area contributed by atoms with Crippen LogP contribution in [0, 0.1) is 0 Å².